The SMILES string of the molecule is C=CC(=O)N1CCCC1Cn1c(NC(=O)c2ccc(-c3cnco3)s2)nc2cc(C(C)(C)O)ccc21. The summed E-state index contributed by atoms with van der Waals surface area (Å²) >= 11 is 1.30. The molecule has 36 heavy (non-hydrogen) atoms. The van der Waals surface area contributed by atoms with Gasteiger partial charge >= 0.3 is 0 Å². The van der Waals surface area contributed by atoms with Crippen molar-refractivity contribution < 1.29 is 19.1 Å². The lowest BCUT2D eigenvalue weighted by Gasteiger charge is -2.25. The Bertz CT molecular complexity index is 1430. The summed E-state index contributed by atoms with van der Waals surface area (Å²) in [5.41, 5.74) is 1.15. The van der Waals surface area contributed by atoms with Gasteiger partial charge in [0.05, 0.1) is 38.6 Å². The summed E-state index contributed by atoms with van der Waals surface area (Å²) in [6, 6.07) is 9.09. The first-order valence-corrected chi connectivity index (χ1v) is 12.5. The number of carbonyl (C=O) groups excluding carboxylic acids is 2. The van der Waals surface area contributed by atoms with Gasteiger partial charge in [-0.1, -0.05) is 12.6 Å². The molecule has 1 aromatic carbocycles. The van der Waals surface area contributed by atoms with Crippen LogP contribution in [0.3, 0.4) is 0 Å². The van der Waals surface area contributed by atoms with Crippen LogP contribution in [0.5, 0.6) is 0 Å². The maximum absolute atomic E-state index is 13.2. The van der Waals surface area contributed by atoms with Crippen LogP contribution in [0.4, 0.5) is 5.95 Å². The highest BCUT2D eigenvalue weighted by molar-refractivity contribution is 7.17. The number of thiophene rings is 1. The molecule has 0 bridgehead atoms. The number of carbonyl (C=O) groups is 2. The molecule has 1 saturated heterocycles. The summed E-state index contributed by atoms with van der Waals surface area (Å²) in [6.07, 6.45) is 6.04. The molecule has 1 fully saturated rings. The van der Waals surface area contributed by atoms with Gasteiger partial charge in [0.25, 0.3) is 5.91 Å². The van der Waals surface area contributed by atoms with Crippen molar-refractivity contribution in [2.45, 2.75) is 44.9 Å². The molecule has 4 aromatic rings. The average Bonchev–Trinajstić information content (AvgIpc) is 3.64. The second-order valence-electron chi connectivity index (χ2n) is 9.32. The van der Waals surface area contributed by atoms with Crippen LogP contribution in [0, 0.1) is 0 Å². The van der Waals surface area contributed by atoms with E-state index in [9.17, 15) is 14.7 Å². The largest absolute Gasteiger partial charge is 0.443 e. The summed E-state index contributed by atoms with van der Waals surface area (Å²) in [5, 5.41) is 13.4. The van der Waals surface area contributed by atoms with E-state index in [1.807, 2.05) is 33.7 Å². The minimum absolute atomic E-state index is 0.0442. The van der Waals surface area contributed by atoms with Gasteiger partial charge in [-0.3, -0.25) is 14.9 Å². The fourth-order valence-corrected chi connectivity index (χ4v) is 5.38. The van der Waals surface area contributed by atoms with Crippen LogP contribution in [0.2, 0.25) is 0 Å². The molecule has 4 heterocycles. The number of nitrogens with zero attached hydrogens (tertiary/aromatic N) is 4. The Hall–Kier alpha value is -3.76. The second kappa shape index (κ2) is 9.36. The van der Waals surface area contributed by atoms with Gasteiger partial charge in [-0.25, -0.2) is 9.97 Å². The van der Waals surface area contributed by atoms with Gasteiger partial charge < -0.3 is 19.0 Å². The van der Waals surface area contributed by atoms with Crippen molar-refractivity contribution in [2.75, 3.05) is 11.9 Å². The normalized spacial score (nSPS) is 16.0. The predicted octanol–water partition coefficient (Wildman–Crippen LogP) is 4.41. The minimum Gasteiger partial charge on any atom is -0.443 e. The molecule has 1 aliphatic rings. The van der Waals surface area contributed by atoms with Crippen molar-refractivity contribution in [1.82, 2.24) is 19.4 Å². The molecule has 2 amide bonds. The molecule has 1 unspecified atom stereocenters. The lowest BCUT2D eigenvalue weighted by atomic mass is 9.98. The van der Waals surface area contributed by atoms with E-state index in [4.69, 9.17) is 9.40 Å². The topological polar surface area (TPSA) is 113 Å². The third-order valence-electron chi connectivity index (χ3n) is 6.41. The fourth-order valence-electron chi connectivity index (χ4n) is 4.53. The van der Waals surface area contributed by atoms with Gasteiger partial charge in [-0.05, 0) is 62.6 Å². The van der Waals surface area contributed by atoms with Crippen LogP contribution < -0.4 is 5.32 Å². The number of imidazole rings is 1. The van der Waals surface area contributed by atoms with Gasteiger partial charge in [-0.15, -0.1) is 11.3 Å². The number of aromatic nitrogens is 3. The van der Waals surface area contributed by atoms with Gasteiger partial charge in [0, 0.05) is 13.1 Å². The van der Waals surface area contributed by atoms with Crippen LogP contribution in [-0.2, 0) is 16.9 Å². The molecule has 5 rings (SSSR count). The second-order valence-corrected chi connectivity index (χ2v) is 10.4. The van der Waals surface area contributed by atoms with E-state index in [-0.39, 0.29) is 17.9 Å². The van der Waals surface area contributed by atoms with E-state index < -0.39 is 5.60 Å². The summed E-state index contributed by atoms with van der Waals surface area (Å²) in [7, 11) is 0. The van der Waals surface area contributed by atoms with Gasteiger partial charge in [0.15, 0.2) is 12.2 Å². The number of hydrogen-bond acceptors (Lipinski definition) is 7. The molecular weight excluding hydrogens is 478 g/mol. The van der Waals surface area contributed by atoms with Crippen molar-refractivity contribution in [3.05, 3.63) is 66.0 Å². The van der Waals surface area contributed by atoms with E-state index in [1.165, 1.54) is 23.8 Å². The van der Waals surface area contributed by atoms with Crippen molar-refractivity contribution in [1.29, 1.82) is 0 Å². The summed E-state index contributed by atoms with van der Waals surface area (Å²) in [5.74, 6) is 0.583. The fraction of sp³-hybridized carbons (Fsp3) is 0.308. The van der Waals surface area contributed by atoms with Gasteiger partial charge in [-0.2, -0.15) is 0 Å². The molecule has 0 aliphatic carbocycles. The molecule has 1 aliphatic heterocycles. The Morgan fingerprint density at radius 2 is 2.17 bits per heavy atom. The minimum atomic E-state index is -1.03. The van der Waals surface area contributed by atoms with Crippen molar-refractivity contribution in [2.24, 2.45) is 0 Å². The number of rotatable bonds is 7. The number of oxazole rings is 1. The number of hydrogen-bond donors (Lipinski definition) is 2. The Balaban J connectivity index is 1.49. The number of amides is 2. The zero-order valence-electron chi connectivity index (χ0n) is 20.1. The number of benzene rings is 1. The molecule has 10 heteroatoms. The summed E-state index contributed by atoms with van der Waals surface area (Å²) in [6.45, 7) is 8.21. The van der Waals surface area contributed by atoms with Crippen molar-refractivity contribution in [3.63, 3.8) is 0 Å². The van der Waals surface area contributed by atoms with Crippen LogP contribution in [0.15, 0.2) is 60.0 Å². The number of likely N-dealkylation sites (tertiary alicyclic amines) is 1. The highest BCUT2D eigenvalue weighted by atomic mass is 32.1. The van der Waals surface area contributed by atoms with E-state index in [2.05, 4.69) is 16.9 Å². The average molecular weight is 506 g/mol. The van der Waals surface area contributed by atoms with Crippen LogP contribution in [0.1, 0.15) is 41.9 Å². The van der Waals surface area contributed by atoms with Crippen molar-refractivity contribution in [3.8, 4) is 10.6 Å². The van der Waals surface area contributed by atoms with Crippen LogP contribution in [-0.4, -0.2) is 48.9 Å². The smallest absolute Gasteiger partial charge is 0.268 e. The number of anilines is 1. The molecule has 9 nitrogen and oxygen atoms in total. The maximum atomic E-state index is 13.2. The third-order valence-corrected chi connectivity index (χ3v) is 7.51. The monoisotopic (exact) mass is 505 g/mol. The first-order chi connectivity index (χ1) is 17.2. The first-order valence-electron chi connectivity index (χ1n) is 11.7. The lowest BCUT2D eigenvalue weighted by molar-refractivity contribution is -0.126. The molecule has 3 aromatic heterocycles. The standard InChI is InChI=1S/C26H27N5O4S/c1-4-23(32)30-11-5-6-17(30)14-31-19-8-7-16(26(2,3)34)12-18(19)28-25(31)29-24(33)22-10-9-21(36-22)20-13-27-15-35-20/h4,7-10,12-13,15,17,34H,1,5-6,11,14H2,2-3H3,(H,28,29,33). The Labute approximate surface area is 212 Å². The van der Waals surface area contributed by atoms with E-state index in [0.29, 0.717) is 35.2 Å². The van der Waals surface area contributed by atoms with Crippen molar-refractivity contribution >= 4 is 40.1 Å². The molecular formula is C26H27N5O4S. The third kappa shape index (κ3) is 4.57. The number of aliphatic hydroxyl groups is 1. The highest BCUT2D eigenvalue weighted by Crippen LogP contribution is 2.31. The summed E-state index contributed by atoms with van der Waals surface area (Å²) in [4.78, 5) is 37.3. The maximum Gasteiger partial charge on any atom is 0.268 e. The van der Waals surface area contributed by atoms with Gasteiger partial charge in [0.2, 0.25) is 11.9 Å². The molecule has 0 spiro atoms. The highest BCUT2D eigenvalue weighted by Gasteiger charge is 2.29. The van der Waals surface area contributed by atoms with E-state index in [1.54, 1.807) is 26.1 Å². The van der Waals surface area contributed by atoms with E-state index in [0.717, 1.165) is 28.8 Å². The number of fused-ring (bicyclic) bond motifs is 1. The zero-order valence-corrected chi connectivity index (χ0v) is 20.9. The number of nitrogens with one attached hydrogen (secondary N) is 1. The Morgan fingerprint density at radius 3 is 2.89 bits per heavy atom. The molecule has 1 atom stereocenters. The zero-order chi connectivity index (χ0) is 25.4. The Morgan fingerprint density at radius 1 is 1.33 bits per heavy atom. The van der Waals surface area contributed by atoms with Crippen LogP contribution in [0.25, 0.3) is 21.7 Å². The molecule has 2 N–H and O–H groups in total. The van der Waals surface area contributed by atoms with E-state index >= 15 is 0 Å². The quantitative estimate of drug-likeness (QED) is 0.360. The molecule has 0 saturated carbocycles. The summed E-state index contributed by atoms with van der Waals surface area (Å²) < 4.78 is 7.27. The molecule has 0 radical (unpaired) electrons. The molecule has 186 valence electrons. The lowest BCUT2D eigenvalue weighted by Crippen LogP contribution is -2.37. The van der Waals surface area contributed by atoms with Crippen LogP contribution >= 0.6 is 11.3 Å². The first kappa shape index (κ1) is 24.0. The van der Waals surface area contributed by atoms with Gasteiger partial charge in [0.1, 0.15) is 0 Å². The Kier molecular flexibility index (Phi) is 6.23. The predicted molar refractivity (Wildman–Crippen MR) is 138 cm³/mol.